The molecule has 25 heavy (non-hydrogen) atoms. The van der Waals surface area contributed by atoms with E-state index in [2.05, 4.69) is 25.4 Å². The maximum absolute atomic E-state index is 4.41. The third-order valence-electron chi connectivity index (χ3n) is 3.34. The summed E-state index contributed by atoms with van der Waals surface area (Å²) < 4.78 is 0. The Kier molecular flexibility index (Phi) is 5.89. The third kappa shape index (κ3) is 5.58. The molecule has 1 aliphatic rings. The largest absolute Gasteiger partial charge is 0.250 e. The fraction of sp³-hybridized carbons (Fsp3) is 0.0500. The molecule has 5 nitrogen and oxygen atoms in total. The van der Waals surface area contributed by atoms with Crippen LogP contribution in [0.3, 0.4) is 0 Å². The molecule has 5 heteroatoms. The lowest BCUT2D eigenvalue weighted by Crippen LogP contribution is -1.93. The van der Waals surface area contributed by atoms with Gasteiger partial charge in [-0.2, -0.15) is 20.4 Å². The number of allylic oxidation sites excluding steroid dienone is 2. The number of nitrogens with zero attached hydrogens (tertiary/aromatic N) is 5. The summed E-state index contributed by atoms with van der Waals surface area (Å²) in [6.45, 7) is 0. The SMILES string of the molecule is C1=C(/C=N/N=C\c2ccccc2)N=C(/C=N/N=C\c2ccccc2)C1. The molecule has 1 heterocycles. The highest BCUT2D eigenvalue weighted by atomic mass is 15.2. The van der Waals surface area contributed by atoms with Crippen LogP contribution in [0.5, 0.6) is 0 Å². The van der Waals surface area contributed by atoms with Gasteiger partial charge in [0.15, 0.2) is 0 Å². The highest BCUT2D eigenvalue weighted by Crippen LogP contribution is 2.07. The minimum atomic E-state index is 0.716. The molecular weight excluding hydrogens is 310 g/mol. The summed E-state index contributed by atoms with van der Waals surface area (Å²) in [5.74, 6) is 0. The van der Waals surface area contributed by atoms with E-state index in [4.69, 9.17) is 0 Å². The topological polar surface area (TPSA) is 61.8 Å². The molecule has 0 amide bonds. The lowest BCUT2D eigenvalue weighted by Gasteiger charge is -1.89. The molecule has 0 radical (unpaired) electrons. The number of rotatable bonds is 6. The Balaban J connectivity index is 1.50. The highest BCUT2D eigenvalue weighted by Gasteiger charge is 2.04. The minimum absolute atomic E-state index is 0.716. The highest BCUT2D eigenvalue weighted by molar-refractivity contribution is 6.32. The zero-order valence-corrected chi connectivity index (χ0v) is 13.6. The fourth-order valence-electron chi connectivity index (χ4n) is 2.10. The fourth-order valence-corrected chi connectivity index (χ4v) is 2.10. The molecule has 3 rings (SSSR count). The summed E-state index contributed by atoms with van der Waals surface area (Å²) >= 11 is 0. The molecule has 2 aromatic carbocycles. The number of aliphatic imine (C=N–C) groups is 1. The molecule has 0 fully saturated rings. The van der Waals surface area contributed by atoms with Crippen LogP contribution in [-0.2, 0) is 0 Å². The van der Waals surface area contributed by atoms with Crippen molar-refractivity contribution in [1.82, 2.24) is 0 Å². The van der Waals surface area contributed by atoms with Crippen molar-refractivity contribution in [3.05, 3.63) is 83.6 Å². The second-order valence-corrected chi connectivity index (χ2v) is 5.24. The molecule has 0 aromatic heterocycles. The molecule has 1 aliphatic heterocycles. The van der Waals surface area contributed by atoms with E-state index in [0.717, 1.165) is 22.5 Å². The maximum atomic E-state index is 4.41. The first-order valence-corrected chi connectivity index (χ1v) is 7.91. The normalized spacial score (nSPS) is 14.9. The van der Waals surface area contributed by atoms with Gasteiger partial charge in [0.2, 0.25) is 0 Å². The van der Waals surface area contributed by atoms with Crippen molar-refractivity contribution in [1.29, 1.82) is 0 Å². The van der Waals surface area contributed by atoms with E-state index in [9.17, 15) is 0 Å². The van der Waals surface area contributed by atoms with E-state index >= 15 is 0 Å². The maximum Gasteiger partial charge on any atom is 0.0799 e. The lowest BCUT2D eigenvalue weighted by atomic mass is 10.2. The zero-order chi connectivity index (χ0) is 17.2. The summed E-state index contributed by atoms with van der Waals surface area (Å²) in [6, 6.07) is 19.6. The van der Waals surface area contributed by atoms with Crippen LogP contribution in [-0.4, -0.2) is 30.6 Å². The first-order valence-electron chi connectivity index (χ1n) is 7.91. The van der Waals surface area contributed by atoms with Gasteiger partial charge in [0, 0.05) is 6.42 Å². The predicted molar refractivity (Wildman–Crippen MR) is 105 cm³/mol. The van der Waals surface area contributed by atoms with Crippen molar-refractivity contribution >= 4 is 30.6 Å². The second kappa shape index (κ2) is 8.98. The van der Waals surface area contributed by atoms with Crippen molar-refractivity contribution in [2.45, 2.75) is 6.42 Å². The van der Waals surface area contributed by atoms with Gasteiger partial charge < -0.3 is 0 Å². The number of hydrogen-bond acceptors (Lipinski definition) is 5. The number of hydrogen-bond donors (Lipinski definition) is 0. The molecule has 122 valence electrons. The Morgan fingerprint density at radius 2 is 1.16 bits per heavy atom. The molecule has 0 spiro atoms. The standard InChI is InChI=1S/C20H17N5/c1-3-7-17(8-4-1)13-21-23-15-19-11-12-20(25-19)16-24-22-14-18-9-5-2-6-10-18/h1-11,13-16H,12H2/b21-13-,22-14-,23-15+,24-16+. The van der Waals surface area contributed by atoms with E-state index in [-0.39, 0.29) is 0 Å². The Labute approximate surface area is 146 Å². The molecule has 0 N–H and O–H groups in total. The quantitative estimate of drug-likeness (QED) is 0.570. The zero-order valence-electron chi connectivity index (χ0n) is 13.6. The summed E-state index contributed by atoms with van der Waals surface area (Å²) in [7, 11) is 0. The van der Waals surface area contributed by atoms with Gasteiger partial charge in [-0.1, -0.05) is 66.7 Å². The number of benzene rings is 2. The van der Waals surface area contributed by atoms with Crippen LogP contribution in [0.2, 0.25) is 0 Å². The molecule has 0 bridgehead atoms. The molecular formula is C20H17N5. The average Bonchev–Trinajstić information content (AvgIpc) is 3.12. The Morgan fingerprint density at radius 3 is 1.76 bits per heavy atom. The van der Waals surface area contributed by atoms with Gasteiger partial charge >= 0.3 is 0 Å². The Morgan fingerprint density at radius 1 is 0.640 bits per heavy atom. The first kappa shape index (κ1) is 16.4. The van der Waals surface area contributed by atoms with Gasteiger partial charge in [0.25, 0.3) is 0 Å². The van der Waals surface area contributed by atoms with Crippen molar-refractivity contribution in [3.8, 4) is 0 Å². The van der Waals surface area contributed by atoms with Crippen LogP contribution >= 0.6 is 0 Å². The minimum Gasteiger partial charge on any atom is -0.250 e. The van der Waals surface area contributed by atoms with Crippen LogP contribution in [0.15, 0.2) is 97.8 Å². The van der Waals surface area contributed by atoms with Gasteiger partial charge in [-0.15, -0.1) is 0 Å². The molecule has 0 unspecified atom stereocenters. The molecule has 0 atom stereocenters. The van der Waals surface area contributed by atoms with Crippen molar-refractivity contribution in [2.24, 2.45) is 25.4 Å². The third-order valence-corrected chi connectivity index (χ3v) is 3.34. The van der Waals surface area contributed by atoms with E-state index < -0.39 is 0 Å². The van der Waals surface area contributed by atoms with Crippen LogP contribution in [0, 0.1) is 0 Å². The van der Waals surface area contributed by atoms with E-state index in [1.54, 1.807) is 24.9 Å². The smallest absolute Gasteiger partial charge is 0.0799 e. The van der Waals surface area contributed by atoms with Gasteiger partial charge in [0.1, 0.15) is 0 Å². The van der Waals surface area contributed by atoms with Crippen LogP contribution < -0.4 is 0 Å². The predicted octanol–water partition coefficient (Wildman–Crippen LogP) is 3.92. The molecule has 2 aromatic rings. The summed E-state index contributed by atoms with van der Waals surface area (Å²) in [4.78, 5) is 4.41. The average molecular weight is 327 g/mol. The second-order valence-electron chi connectivity index (χ2n) is 5.24. The summed E-state index contributed by atoms with van der Waals surface area (Å²) in [5.41, 5.74) is 3.64. The van der Waals surface area contributed by atoms with Crippen molar-refractivity contribution < 1.29 is 0 Å². The summed E-state index contributed by atoms with van der Waals surface area (Å²) in [5, 5.41) is 16.1. The van der Waals surface area contributed by atoms with Crippen LogP contribution in [0.25, 0.3) is 0 Å². The summed E-state index contributed by atoms with van der Waals surface area (Å²) in [6.07, 6.45) is 9.39. The molecule has 0 aliphatic carbocycles. The van der Waals surface area contributed by atoms with Crippen LogP contribution in [0.4, 0.5) is 0 Å². The van der Waals surface area contributed by atoms with Gasteiger partial charge in [-0.3, -0.25) is 4.99 Å². The van der Waals surface area contributed by atoms with Crippen molar-refractivity contribution in [3.63, 3.8) is 0 Å². The van der Waals surface area contributed by atoms with Crippen LogP contribution in [0.1, 0.15) is 17.5 Å². The Hall–Kier alpha value is -3.47. The van der Waals surface area contributed by atoms with Gasteiger partial charge in [-0.05, 0) is 11.1 Å². The lowest BCUT2D eigenvalue weighted by molar-refractivity contribution is 1.26. The first-order chi connectivity index (χ1) is 12.4. The molecule has 0 saturated heterocycles. The molecule has 0 saturated carbocycles. The Bertz CT molecular complexity index is 859. The monoisotopic (exact) mass is 327 g/mol. The van der Waals surface area contributed by atoms with E-state index in [1.807, 2.05) is 66.7 Å². The van der Waals surface area contributed by atoms with E-state index in [1.165, 1.54) is 0 Å². The van der Waals surface area contributed by atoms with Crippen molar-refractivity contribution in [2.75, 3.05) is 0 Å². The van der Waals surface area contributed by atoms with Gasteiger partial charge in [-0.25, -0.2) is 0 Å². The van der Waals surface area contributed by atoms with Gasteiger partial charge in [0.05, 0.1) is 36.3 Å². The van der Waals surface area contributed by atoms with E-state index in [0.29, 0.717) is 6.42 Å².